The SMILES string of the molecule is CCCCOC(C)c1c(C)cc2nc(CN(C)C)ccc2c1-c1ccc(Cl)cc1. The van der Waals surface area contributed by atoms with Crippen LogP contribution in [0, 0.1) is 6.92 Å². The monoisotopic (exact) mass is 410 g/mol. The van der Waals surface area contributed by atoms with Gasteiger partial charge in [-0.2, -0.15) is 0 Å². The van der Waals surface area contributed by atoms with Crippen LogP contribution < -0.4 is 0 Å². The Morgan fingerprint density at radius 3 is 2.48 bits per heavy atom. The van der Waals surface area contributed by atoms with E-state index in [-0.39, 0.29) is 6.10 Å². The molecule has 1 aromatic heterocycles. The van der Waals surface area contributed by atoms with E-state index in [9.17, 15) is 0 Å². The molecule has 1 heterocycles. The highest BCUT2D eigenvalue weighted by molar-refractivity contribution is 6.30. The number of benzene rings is 2. The van der Waals surface area contributed by atoms with Crippen molar-refractivity contribution in [1.29, 1.82) is 0 Å². The molecule has 0 aliphatic carbocycles. The van der Waals surface area contributed by atoms with E-state index in [1.807, 2.05) is 12.1 Å². The van der Waals surface area contributed by atoms with Gasteiger partial charge < -0.3 is 9.64 Å². The lowest BCUT2D eigenvalue weighted by Gasteiger charge is -2.22. The molecule has 4 heteroatoms. The molecule has 0 amide bonds. The van der Waals surface area contributed by atoms with E-state index < -0.39 is 0 Å². The van der Waals surface area contributed by atoms with Crippen molar-refractivity contribution in [2.75, 3.05) is 20.7 Å². The molecule has 0 spiro atoms. The molecule has 29 heavy (non-hydrogen) atoms. The van der Waals surface area contributed by atoms with Crippen LogP contribution >= 0.6 is 11.6 Å². The largest absolute Gasteiger partial charge is 0.374 e. The summed E-state index contributed by atoms with van der Waals surface area (Å²) < 4.78 is 6.21. The Balaban J connectivity index is 2.18. The zero-order valence-electron chi connectivity index (χ0n) is 18.1. The molecule has 0 bridgehead atoms. The highest BCUT2D eigenvalue weighted by Gasteiger charge is 2.19. The summed E-state index contributed by atoms with van der Waals surface area (Å²) in [6.07, 6.45) is 2.22. The molecule has 1 atom stereocenters. The molecule has 0 N–H and O–H groups in total. The predicted molar refractivity (Wildman–Crippen MR) is 124 cm³/mol. The highest BCUT2D eigenvalue weighted by atomic mass is 35.5. The van der Waals surface area contributed by atoms with Crippen LogP contribution in [-0.4, -0.2) is 30.6 Å². The van der Waals surface area contributed by atoms with E-state index in [0.29, 0.717) is 0 Å². The lowest BCUT2D eigenvalue weighted by atomic mass is 9.89. The first-order valence-electron chi connectivity index (χ1n) is 10.4. The minimum Gasteiger partial charge on any atom is -0.374 e. The Bertz CT molecular complexity index is 967. The molecular weight excluding hydrogens is 380 g/mol. The third-order valence-electron chi connectivity index (χ3n) is 5.18. The predicted octanol–water partition coefficient (Wildman–Crippen LogP) is 6.80. The Kier molecular flexibility index (Phi) is 7.28. The molecule has 3 aromatic rings. The van der Waals surface area contributed by atoms with Crippen LogP contribution in [0.4, 0.5) is 0 Å². The third-order valence-corrected chi connectivity index (χ3v) is 5.43. The van der Waals surface area contributed by atoms with Gasteiger partial charge in [0.2, 0.25) is 0 Å². The summed E-state index contributed by atoms with van der Waals surface area (Å²) in [7, 11) is 4.13. The van der Waals surface area contributed by atoms with Crippen molar-refractivity contribution < 1.29 is 4.74 Å². The first-order valence-corrected chi connectivity index (χ1v) is 10.7. The standard InChI is InChI=1S/C25H31ClN2O/c1-6-7-14-29-18(3)24-17(2)15-23-22(13-12-21(27-23)16-28(4)5)25(24)19-8-10-20(26)11-9-19/h8-13,15,18H,6-7,14,16H2,1-5H3. The van der Waals surface area contributed by atoms with Crippen LogP contribution in [0.1, 0.15) is 49.6 Å². The normalized spacial score (nSPS) is 12.7. The number of nitrogens with zero attached hydrogens (tertiary/aromatic N) is 2. The fraction of sp³-hybridized carbons (Fsp3) is 0.400. The number of halogens is 1. The number of hydrogen-bond donors (Lipinski definition) is 0. The van der Waals surface area contributed by atoms with Crippen molar-refractivity contribution >= 4 is 22.5 Å². The van der Waals surface area contributed by atoms with Crippen molar-refractivity contribution in [3.05, 3.63) is 64.3 Å². The minimum atomic E-state index is 0.0121. The van der Waals surface area contributed by atoms with Gasteiger partial charge in [0.15, 0.2) is 0 Å². The van der Waals surface area contributed by atoms with Gasteiger partial charge in [-0.15, -0.1) is 0 Å². The molecular formula is C25H31ClN2O. The fourth-order valence-electron chi connectivity index (χ4n) is 3.81. The molecule has 154 valence electrons. The summed E-state index contributed by atoms with van der Waals surface area (Å²) in [5, 5.41) is 1.90. The van der Waals surface area contributed by atoms with Crippen molar-refractivity contribution in [2.45, 2.75) is 46.3 Å². The molecule has 0 saturated carbocycles. The van der Waals surface area contributed by atoms with Gasteiger partial charge in [0.05, 0.1) is 17.3 Å². The van der Waals surface area contributed by atoms with Gasteiger partial charge in [-0.05, 0) is 80.9 Å². The van der Waals surface area contributed by atoms with Crippen LogP contribution in [0.25, 0.3) is 22.0 Å². The van der Waals surface area contributed by atoms with E-state index in [1.54, 1.807) is 0 Å². The number of unbranched alkanes of at least 4 members (excludes halogenated alkanes) is 1. The summed E-state index contributed by atoms with van der Waals surface area (Å²) in [6, 6.07) is 14.6. The first-order chi connectivity index (χ1) is 13.9. The van der Waals surface area contributed by atoms with E-state index in [0.717, 1.165) is 53.2 Å². The maximum absolute atomic E-state index is 6.21. The zero-order valence-corrected chi connectivity index (χ0v) is 18.9. The summed E-state index contributed by atoms with van der Waals surface area (Å²) >= 11 is 6.16. The van der Waals surface area contributed by atoms with Crippen molar-refractivity contribution in [3.63, 3.8) is 0 Å². The lowest BCUT2D eigenvalue weighted by molar-refractivity contribution is 0.0637. The van der Waals surface area contributed by atoms with Crippen LogP contribution in [0.15, 0.2) is 42.5 Å². The van der Waals surface area contributed by atoms with Crippen molar-refractivity contribution in [1.82, 2.24) is 9.88 Å². The van der Waals surface area contributed by atoms with Crippen molar-refractivity contribution in [3.8, 4) is 11.1 Å². The van der Waals surface area contributed by atoms with Gasteiger partial charge >= 0.3 is 0 Å². The second kappa shape index (κ2) is 9.71. The minimum absolute atomic E-state index is 0.0121. The van der Waals surface area contributed by atoms with Crippen LogP contribution in [0.3, 0.4) is 0 Å². The number of hydrogen-bond acceptors (Lipinski definition) is 3. The Morgan fingerprint density at radius 1 is 1.10 bits per heavy atom. The summed E-state index contributed by atoms with van der Waals surface area (Å²) in [5.74, 6) is 0. The molecule has 0 fully saturated rings. The highest BCUT2D eigenvalue weighted by Crippen LogP contribution is 2.39. The van der Waals surface area contributed by atoms with Gasteiger partial charge in [-0.3, -0.25) is 4.98 Å². The van der Waals surface area contributed by atoms with Crippen LogP contribution in [-0.2, 0) is 11.3 Å². The van der Waals surface area contributed by atoms with E-state index in [2.05, 4.69) is 70.1 Å². The Labute approximate surface area is 179 Å². The van der Waals surface area contributed by atoms with Crippen LogP contribution in [0.2, 0.25) is 5.02 Å². The van der Waals surface area contributed by atoms with Gasteiger partial charge in [0, 0.05) is 23.6 Å². The third kappa shape index (κ3) is 5.16. The average molecular weight is 411 g/mol. The molecule has 2 aromatic carbocycles. The number of pyridine rings is 1. The summed E-state index contributed by atoms with van der Waals surface area (Å²) in [4.78, 5) is 7.09. The lowest BCUT2D eigenvalue weighted by Crippen LogP contribution is -2.12. The molecule has 1 unspecified atom stereocenters. The topological polar surface area (TPSA) is 25.4 Å². The number of rotatable bonds is 8. The Hall–Kier alpha value is -1.94. The quantitative estimate of drug-likeness (QED) is 0.381. The Morgan fingerprint density at radius 2 is 1.83 bits per heavy atom. The second-order valence-corrected chi connectivity index (χ2v) is 8.40. The second-order valence-electron chi connectivity index (χ2n) is 7.96. The average Bonchev–Trinajstić information content (AvgIpc) is 2.67. The smallest absolute Gasteiger partial charge is 0.0805 e. The van der Waals surface area contributed by atoms with Crippen molar-refractivity contribution in [2.24, 2.45) is 0 Å². The van der Waals surface area contributed by atoms with Gasteiger partial charge in [-0.1, -0.05) is 43.1 Å². The molecule has 3 rings (SSSR count). The number of aryl methyl sites for hydroxylation is 1. The van der Waals surface area contributed by atoms with Gasteiger partial charge in [-0.25, -0.2) is 0 Å². The first kappa shape index (κ1) is 21.8. The molecule has 0 radical (unpaired) electrons. The number of ether oxygens (including phenoxy) is 1. The van der Waals surface area contributed by atoms with Gasteiger partial charge in [0.1, 0.15) is 0 Å². The summed E-state index contributed by atoms with van der Waals surface area (Å²) in [5.41, 5.74) is 6.88. The van der Waals surface area contributed by atoms with E-state index in [1.165, 1.54) is 16.7 Å². The molecule has 3 nitrogen and oxygen atoms in total. The van der Waals surface area contributed by atoms with E-state index >= 15 is 0 Å². The maximum atomic E-state index is 6.21. The summed E-state index contributed by atoms with van der Waals surface area (Å²) in [6.45, 7) is 8.09. The molecule has 0 aliphatic rings. The number of fused-ring (bicyclic) bond motifs is 1. The van der Waals surface area contributed by atoms with Gasteiger partial charge in [0.25, 0.3) is 0 Å². The molecule has 0 saturated heterocycles. The molecule has 0 aliphatic heterocycles. The fourth-order valence-corrected chi connectivity index (χ4v) is 3.94. The van der Waals surface area contributed by atoms with E-state index in [4.69, 9.17) is 21.3 Å². The maximum Gasteiger partial charge on any atom is 0.0805 e. The van der Waals surface area contributed by atoms with Crippen LogP contribution in [0.5, 0.6) is 0 Å². The number of aromatic nitrogens is 1. The zero-order chi connectivity index (χ0) is 21.0.